The van der Waals surface area contributed by atoms with Crippen LogP contribution in [0.25, 0.3) is 10.4 Å². The van der Waals surface area contributed by atoms with Crippen molar-refractivity contribution < 1.29 is 65.9 Å². The summed E-state index contributed by atoms with van der Waals surface area (Å²) >= 11 is 7.19. The highest BCUT2D eigenvalue weighted by atomic mass is 32.1. The summed E-state index contributed by atoms with van der Waals surface area (Å²) < 4.78 is 75.3. The Morgan fingerprint density at radius 3 is 1.98 bits per heavy atom. The van der Waals surface area contributed by atoms with Crippen LogP contribution in [-0.4, -0.2) is 141 Å². The normalized spacial score (nSPS) is 16.7. The molecule has 3 amide bonds. The van der Waals surface area contributed by atoms with Crippen LogP contribution in [0.4, 0.5) is 24.5 Å². The van der Waals surface area contributed by atoms with Crippen molar-refractivity contribution >= 4 is 63.5 Å². The molecule has 0 saturated carbocycles. The number of carbonyl (C=O) groups excluding carboxylic acids is 4. The fourth-order valence-corrected chi connectivity index (χ4v) is 10.9. The molecule has 2 fully saturated rings. The summed E-state index contributed by atoms with van der Waals surface area (Å²) in [7, 11) is 0. The third-order valence-electron chi connectivity index (χ3n) is 14.2. The van der Waals surface area contributed by atoms with Crippen molar-refractivity contribution in [1.29, 1.82) is 5.26 Å². The van der Waals surface area contributed by atoms with Crippen LogP contribution in [0.15, 0.2) is 72.2 Å². The number of likely N-dealkylation sites (tertiary alicyclic amines) is 1. The number of thiocarbonyl (C=S) groups is 1. The van der Waals surface area contributed by atoms with Gasteiger partial charge in [0.05, 0.1) is 78.1 Å². The highest BCUT2D eigenvalue weighted by Crippen LogP contribution is 2.40. The largest absolute Gasteiger partial charge is 0.491 e. The topological polar surface area (TPSA) is 202 Å². The van der Waals surface area contributed by atoms with Gasteiger partial charge in [0.25, 0.3) is 5.91 Å². The van der Waals surface area contributed by atoms with Gasteiger partial charge in [-0.15, -0.1) is 11.3 Å². The van der Waals surface area contributed by atoms with Crippen molar-refractivity contribution in [2.24, 2.45) is 11.3 Å². The van der Waals surface area contributed by atoms with E-state index in [-0.39, 0.29) is 74.1 Å². The number of Topliss-reactive ketones (excluding diaryl/α,β-unsaturated/α-hetero) is 1. The lowest BCUT2D eigenvalue weighted by atomic mass is 9.77. The standard InChI is InChI=1S/C60H77F3N6O11S2/c1-41-53(82-40-66-41)43-15-13-42(14-16-43)37-65-54(72)52-35-47(70)38-67(52)55(73)51(58(2,3)4)34-48(71)39-79-30-29-77-26-12-8-10-24-75-23-9-7-11-25-76-27-28-78-31-32-80-49-21-19-45(20-22-49)69-57(81)68(56(74)59(69,5)6)46-18-17-44(36-64)50(33-46)60(61,62)63/h13-22,33,40,47,51-52,70H,7-12,23-32,34-35,37-39H2,1-6H3,(H,65,72)/t47-,51-,52+/m1/s1. The molecule has 2 saturated heterocycles. The van der Waals surface area contributed by atoms with Gasteiger partial charge in [-0.25, -0.2) is 4.98 Å². The third kappa shape index (κ3) is 18.6. The number of carbonyl (C=O) groups is 4. The van der Waals surface area contributed by atoms with Gasteiger partial charge < -0.3 is 48.6 Å². The number of rotatable bonds is 33. The van der Waals surface area contributed by atoms with E-state index >= 15 is 0 Å². The Kier molecular flexibility index (Phi) is 24.8. The predicted molar refractivity (Wildman–Crippen MR) is 309 cm³/mol. The molecule has 3 heterocycles. The fraction of sp³-hybridized carbons (Fsp3) is 0.550. The smallest absolute Gasteiger partial charge is 0.417 e. The van der Waals surface area contributed by atoms with E-state index in [1.807, 2.05) is 57.5 Å². The zero-order valence-electron chi connectivity index (χ0n) is 47.7. The van der Waals surface area contributed by atoms with Gasteiger partial charge in [0, 0.05) is 64.0 Å². The van der Waals surface area contributed by atoms with Gasteiger partial charge in [-0.05, 0) is 131 Å². The van der Waals surface area contributed by atoms with Crippen LogP contribution in [0, 0.1) is 29.6 Å². The number of nitrogens with one attached hydrogen (secondary N) is 1. The zero-order valence-corrected chi connectivity index (χ0v) is 49.4. The molecule has 6 rings (SSSR count). The number of aliphatic hydroxyl groups excluding tert-OH is 1. The lowest BCUT2D eigenvalue weighted by Crippen LogP contribution is -2.50. The minimum absolute atomic E-state index is 0.00398. The molecule has 2 aliphatic rings. The lowest BCUT2D eigenvalue weighted by molar-refractivity contribution is -0.146. The number of β-amino-alcohol motifs (C(OH)–C–C–N with tert-alkyl or cyclic N) is 1. The summed E-state index contributed by atoms with van der Waals surface area (Å²) in [4.78, 5) is 63.5. The van der Waals surface area contributed by atoms with Crippen LogP contribution in [0.1, 0.15) is 108 Å². The Morgan fingerprint density at radius 2 is 1.40 bits per heavy atom. The molecule has 2 aliphatic heterocycles. The van der Waals surface area contributed by atoms with Crippen LogP contribution in [0.3, 0.4) is 0 Å². The van der Waals surface area contributed by atoms with Gasteiger partial charge >= 0.3 is 6.18 Å². The number of amides is 3. The Balaban J connectivity index is 0.727. The number of nitriles is 1. The van der Waals surface area contributed by atoms with Crippen molar-refractivity contribution in [3.05, 3.63) is 94.6 Å². The number of halogens is 3. The molecule has 3 atom stereocenters. The molecule has 1 aromatic heterocycles. The number of anilines is 2. The van der Waals surface area contributed by atoms with Crippen molar-refractivity contribution in [3.63, 3.8) is 0 Å². The first kappa shape index (κ1) is 65.3. The van der Waals surface area contributed by atoms with Gasteiger partial charge in [0.15, 0.2) is 10.9 Å². The maximum Gasteiger partial charge on any atom is 0.417 e. The average molecular weight is 1180 g/mol. The average Bonchev–Trinajstić information content (AvgIpc) is 4.20. The molecule has 2 N–H and O–H groups in total. The van der Waals surface area contributed by atoms with E-state index in [1.54, 1.807) is 60.4 Å². The minimum Gasteiger partial charge on any atom is -0.491 e. The first-order valence-corrected chi connectivity index (χ1v) is 29.1. The number of nitrogens with zero attached hydrogens (tertiary/aromatic N) is 5. The molecular weight excluding hydrogens is 1100 g/mol. The van der Waals surface area contributed by atoms with Gasteiger partial charge in [-0.1, -0.05) is 45.0 Å². The summed E-state index contributed by atoms with van der Waals surface area (Å²) in [6.45, 7) is 15.7. The molecule has 446 valence electrons. The number of hydrogen-bond acceptors (Lipinski definition) is 15. The molecule has 0 radical (unpaired) electrons. The maximum absolute atomic E-state index is 14.0. The molecule has 17 nitrogen and oxygen atoms in total. The number of ketones is 1. The SMILES string of the molecule is Cc1ncsc1-c1ccc(CNC(=O)[C@@H]2C[C@@H](O)CN2C(=O)[C@@H](CC(=O)COCCOCCCCCOCCCCCOCCOCCOc2ccc(N3C(=S)N(c4ccc(C#N)c(C(F)(F)F)c4)C(=O)C3(C)C)cc2)C(C)(C)C)cc1. The van der Waals surface area contributed by atoms with E-state index in [9.17, 15) is 42.7 Å². The number of benzene rings is 3. The number of ether oxygens (including phenoxy) is 6. The number of aryl methyl sites for hydroxylation is 1. The Hall–Kier alpha value is -5.90. The van der Waals surface area contributed by atoms with Crippen LogP contribution >= 0.6 is 23.6 Å². The number of unbranched alkanes of at least 4 members (excludes halogenated alkanes) is 4. The van der Waals surface area contributed by atoms with Crippen molar-refractivity contribution in [2.45, 2.75) is 123 Å². The van der Waals surface area contributed by atoms with Crippen LogP contribution in [0.2, 0.25) is 0 Å². The maximum atomic E-state index is 14.0. The Labute approximate surface area is 488 Å². The summed E-state index contributed by atoms with van der Waals surface area (Å²) in [6, 6.07) is 18.5. The van der Waals surface area contributed by atoms with Crippen LogP contribution in [0.5, 0.6) is 5.75 Å². The summed E-state index contributed by atoms with van der Waals surface area (Å²) in [5.41, 5.74) is 1.70. The second-order valence-electron chi connectivity index (χ2n) is 21.9. The quantitative estimate of drug-likeness (QED) is 0.0337. The minimum atomic E-state index is -4.79. The third-order valence-corrected chi connectivity index (χ3v) is 15.5. The van der Waals surface area contributed by atoms with Gasteiger partial charge in [0.1, 0.15) is 30.5 Å². The Bertz CT molecular complexity index is 2780. The van der Waals surface area contributed by atoms with Gasteiger partial charge in [-0.2, -0.15) is 18.4 Å². The molecule has 0 bridgehead atoms. The Morgan fingerprint density at radius 1 is 0.829 bits per heavy atom. The van der Waals surface area contributed by atoms with E-state index in [4.69, 9.17) is 40.6 Å². The zero-order chi connectivity index (χ0) is 59.5. The van der Waals surface area contributed by atoms with Gasteiger partial charge in [0.2, 0.25) is 11.8 Å². The second kappa shape index (κ2) is 31.1. The number of aliphatic hydroxyl groups is 1. The monoisotopic (exact) mass is 1180 g/mol. The van der Waals surface area contributed by atoms with E-state index in [2.05, 4.69) is 10.3 Å². The lowest BCUT2D eigenvalue weighted by Gasteiger charge is -2.34. The first-order valence-electron chi connectivity index (χ1n) is 27.8. The van der Waals surface area contributed by atoms with Crippen molar-refractivity contribution in [1.82, 2.24) is 15.2 Å². The molecule has 0 unspecified atom stereocenters. The van der Waals surface area contributed by atoms with E-state index in [0.717, 1.165) is 77.3 Å². The molecular formula is C60H77F3N6O11S2. The molecule has 3 aromatic carbocycles. The van der Waals surface area contributed by atoms with Crippen LogP contribution < -0.4 is 19.9 Å². The second-order valence-corrected chi connectivity index (χ2v) is 23.1. The highest BCUT2D eigenvalue weighted by Gasteiger charge is 2.51. The predicted octanol–water partition coefficient (Wildman–Crippen LogP) is 9.63. The highest BCUT2D eigenvalue weighted by molar-refractivity contribution is 7.81. The molecule has 0 aliphatic carbocycles. The molecule has 82 heavy (non-hydrogen) atoms. The van der Waals surface area contributed by atoms with Gasteiger partial charge in [-0.3, -0.25) is 24.1 Å². The van der Waals surface area contributed by atoms with E-state index < -0.39 is 52.2 Å². The molecule has 22 heteroatoms. The summed E-state index contributed by atoms with van der Waals surface area (Å²) in [5.74, 6) is -1.57. The fourth-order valence-electron chi connectivity index (χ4n) is 9.59. The van der Waals surface area contributed by atoms with Crippen molar-refractivity contribution in [2.75, 3.05) is 89.0 Å². The van der Waals surface area contributed by atoms with Crippen LogP contribution in [-0.2, 0) is 55.6 Å². The molecule has 4 aromatic rings. The number of aromatic nitrogens is 1. The summed E-state index contributed by atoms with van der Waals surface area (Å²) in [6.07, 6.45) is 0.0230. The number of thiazole rings is 1. The van der Waals surface area contributed by atoms with Crippen molar-refractivity contribution in [3.8, 4) is 22.3 Å². The number of hydrogen-bond donors (Lipinski definition) is 2. The molecule has 0 spiro atoms. The van der Waals surface area contributed by atoms with E-state index in [0.29, 0.717) is 64.3 Å². The summed E-state index contributed by atoms with van der Waals surface area (Å²) in [5, 5.41) is 22.7. The first-order chi connectivity index (χ1) is 39.1. The van der Waals surface area contributed by atoms with E-state index in [1.165, 1.54) is 11.0 Å². The number of alkyl halides is 3.